The topological polar surface area (TPSA) is 93.4 Å². The molecule has 6 rings (SSSR count). The minimum atomic E-state index is -0.134. The number of H-pyrrole nitrogens is 1. The number of thiazole rings is 1. The monoisotopic (exact) mass is 520 g/mol. The molecule has 3 N–H and O–H groups in total. The second-order valence-electron chi connectivity index (χ2n) is 11.6. The van der Waals surface area contributed by atoms with Gasteiger partial charge in [-0.3, -0.25) is 9.59 Å². The van der Waals surface area contributed by atoms with Crippen molar-refractivity contribution in [3.05, 3.63) is 51.1 Å². The number of hydrogen-bond acceptors (Lipinski definition) is 6. The second-order valence-corrected chi connectivity index (χ2v) is 12.7. The molecule has 3 aromatic rings. The maximum Gasteiger partial charge on any atom is 0.280 e. The molecule has 4 atom stereocenters. The molecular formula is C28H36N6O2S. The van der Waals surface area contributed by atoms with E-state index in [2.05, 4.69) is 57.6 Å². The van der Waals surface area contributed by atoms with Crippen molar-refractivity contribution < 1.29 is 9.59 Å². The Morgan fingerprint density at radius 3 is 2.76 bits per heavy atom. The minimum Gasteiger partial charge on any atom is -0.351 e. The van der Waals surface area contributed by atoms with Crippen LogP contribution < -0.4 is 10.6 Å². The van der Waals surface area contributed by atoms with Gasteiger partial charge in [-0.05, 0) is 77.4 Å². The second kappa shape index (κ2) is 9.22. The lowest BCUT2D eigenvalue weighted by atomic mass is 9.79. The highest BCUT2D eigenvalue weighted by atomic mass is 32.1. The van der Waals surface area contributed by atoms with Crippen molar-refractivity contribution in [1.29, 1.82) is 0 Å². The molecule has 2 aromatic heterocycles. The van der Waals surface area contributed by atoms with E-state index in [0.29, 0.717) is 16.7 Å². The van der Waals surface area contributed by atoms with E-state index in [9.17, 15) is 9.59 Å². The number of rotatable bonds is 5. The summed E-state index contributed by atoms with van der Waals surface area (Å²) in [6.45, 7) is 3.86. The predicted molar refractivity (Wildman–Crippen MR) is 146 cm³/mol. The van der Waals surface area contributed by atoms with Gasteiger partial charge in [0.2, 0.25) is 0 Å². The Balaban J connectivity index is 1.21. The van der Waals surface area contributed by atoms with E-state index in [4.69, 9.17) is 0 Å². The third kappa shape index (κ3) is 4.69. The molecule has 2 fully saturated rings. The van der Waals surface area contributed by atoms with Crippen molar-refractivity contribution in [3.8, 4) is 0 Å². The first-order chi connectivity index (χ1) is 17.7. The number of hydrogen-bond donors (Lipinski definition) is 3. The summed E-state index contributed by atoms with van der Waals surface area (Å²) in [5.74, 6) is -0.242. The summed E-state index contributed by atoms with van der Waals surface area (Å²) in [4.78, 5) is 40.4. The average Bonchev–Trinajstić information content (AvgIpc) is 3.18. The molecule has 9 heteroatoms. The fourth-order valence-corrected chi connectivity index (χ4v) is 7.56. The summed E-state index contributed by atoms with van der Waals surface area (Å²) in [6, 6.07) is 8.31. The zero-order chi connectivity index (χ0) is 25.9. The highest BCUT2D eigenvalue weighted by Gasteiger charge is 2.58. The van der Waals surface area contributed by atoms with Crippen LogP contribution in [-0.4, -0.2) is 77.4 Å². The van der Waals surface area contributed by atoms with E-state index in [-0.39, 0.29) is 29.3 Å². The molecule has 1 spiro atoms. The molecule has 0 bridgehead atoms. The fourth-order valence-electron chi connectivity index (χ4n) is 6.47. The van der Waals surface area contributed by atoms with Crippen LogP contribution in [0.2, 0.25) is 0 Å². The third-order valence-electron chi connectivity index (χ3n) is 8.61. The number of aromatic amines is 1. The van der Waals surface area contributed by atoms with Gasteiger partial charge in [0.25, 0.3) is 11.8 Å². The number of carbonyl (C=O) groups excluding carboxylic acids is 2. The van der Waals surface area contributed by atoms with Crippen LogP contribution in [0.3, 0.4) is 0 Å². The lowest BCUT2D eigenvalue weighted by Gasteiger charge is -2.38. The number of nitrogens with zero attached hydrogens (tertiary/aromatic N) is 3. The Morgan fingerprint density at radius 1 is 1.16 bits per heavy atom. The number of amides is 2. The van der Waals surface area contributed by atoms with Crippen molar-refractivity contribution in [1.82, 2.24) is 30.4 Å². The van der Waals surface area contributed by atoms with Crippen molar-refractivity contribution in [3.63, 3.8) is 0 Å². The zero-order valence-electron chi connectivity index (χ0n) is 22.1. The summed E-state index contributed by atoms with van der Waals surface area (Å²) in [6.07, 6.45) is 4.80. The summed E-state index contributed by atoms with van der Waals surface area (Å²) in [5.41, 5.74) is 3.94. The van der Waals surface area contributed by atoms with Crippen molar-refractivity contribution in [2.75, 3.05) is 27.7 Å². The van der Waals surface area contributed by atoms with Crippen molar-refractivity contribution >= 4 is 34.1 Å². The molecule has 0 radical (unpaired) electrons. The number of nitrogens with one attached hydrogen (secondary N) is 3. The number of aryl methyl sites for hydroxylation is 1. The normalized spacial score (nSPS) is 27.4. The van der Waals surface area contributed by atoms with Crippen LogP contribution in [0.4, 0.5) is 0 Å². The Bertz CT molecular complexity index is 1360. The smallest absolute Gasteiger partial charge is 0.280 e. The zero-order valence-corrected chi connectivity index (χ0v) is 22.9. The van der Waals surface area contributed by atoms with Crippen molar-refractivity contribution in [2.45, 2.75) is 63.7 Å². The van der Waals surface area contributed by atoms with E-state index < -0.39 is 0 Å². The van der Waals surface area contributed by atoms with E-state index in [1.807, 2.05) is 25.1 Å². The van der Waals surface area contributed by atoms with Crippen molar-refractivity contribution in [2.24, 2.45) is 5.41 Å². The molecule has 2 aliphatic carbocycles. The largest absolute Gasteiger partial charge is 0.351 e. The van der Waals surface area contributed by atoms with Crippen LogP contribution in [-0.2, 0) is 13.0 Å². The number of aromatic nitrogens is 2. The first kappa shape index (κ1) is 24.6. The van der Waals surface area contributed by atoms with Crippen LogP contribution >= 0.6 is 11.3 Å². The Kier molecular flexibility index (Phi) is 6.12. The fraction of sp³-hybridized carbons (Fsp3) is 0.536. The Hall–Kier alpha value is -2.75. The molecule has 1 aromatic carbocycles. The summed E-state index contributed by atoms with van der Waals surface area (Å²) in [7, 11) is 6.37. The van der Waals surface area contributed by atoms with E-state index >= 15 is 0 Å². The number of benzene rings is 1. The lowest BCUT2D eigenvalue weighted by Crippen LogP contribution is -2.55. The highest BCUT2D eigenvalue weighted by molar-refractivity contribution is 7.13. The molecule has 2 saturated carbocycles. The van der Waals surface area contributed by atoms with E-state index in [1.54, 1.807) is 0 Å². The maximum absolute atomic E-state index is 13.4. The van der Waals surface area contributed by atoms with Crippen LogP contribution in [0.15, 0.2) is 24.3 Å². The van der Waals surface area contributed by atoms with Gasteiger partial charge < -0.3 is 25.4 Å². The van der Waals surface area contributed by atoms with Gasteiger partial charge in [-0.1, -0.05) is 11.6 Å². The SMILES string of the molecule is Cc1ccc2[nH]c(C(=O)N[C@H]3CCC4(CC4N(C)C)C[C@H]3NC(=O)c3nc4c(s3)CN(C)CC4)cc2c1. The van der Waals surface area contributed by atoms with Crippen LogP contribution in [0, 0.1) is 12.3 Å². The molecular weight excluding hydrogens is 484 g/mol. The summed E-state index contributed by atoms with van der Waals surface area (Å²) < 4.78 is 0. The number of likely N-dealkylation sites (N-methyl/N-ethyl adjacent to an activating group) is 1. The maximum atomic E-state index is 13.4. The van der Waals surface area contributed by atoms with Gasteiger partial charge in [0.05, 0.1) is 11.7 Å². The van der Waals surface area contributed by atoms with Gasteiger partial charge in [-0.25, -0.2) is 4.98 Å². The standard InChI is InChI=1S/C28H36N6O2S/c1-16-5-6-18-17(11-16)12-21(29-18)25(35)30-19-7-9-28(14-24(28)33(2)3)13-22(19)31-26(36)27-32-20-8-10-34(4)15-23(20)37-27/h5-6,11-12,19,22,24,29H,7-10,13-15H2,1-4H3,(H,30,35)(H,31,36)/t19-,22+,24?,28?/m0/s1. The molecule has 37 heavy (non-hydrogen) atoms. The summed E-state index contributed by atoms with van der Waals surface area (Å²) >= 11 is 1.51. The molecule has 8 nitrogen and oxygen atoms in total. The summed E-state index contributed by atoms with van der Waals surface area (Å²) in [5, 5.41) is 8.13. The van der Waals surface area contributed by atoms with Gasteiger partial charge in [-0.2, -0.15) is 0 Å². The Morgan fingerprint density at radius 2 is 1.97 bits per heavy atom. The van der Waals surface area contributed by atoms with Gasteiger partial charge in [0.15, 0.2) is 5.01 Å². The van der Waals surface area contributed by atoms with Gasteiger partial charge in [-0.15, -0.1) is 11.3 Å². The molecule has 0 saturated heterocycles. The molecule has 2 unspecified atom stereocenters. The Labute approximate surface area is 221 Å². The van der Waals surface area contributed by atoms with Crippen LogP contribution in [0.25, 0.3) is 10.9 Å². The third-order valence-corrected chi connectivity index (χ3v) is 9.69. The van der Waals surface area contributed by atoms with E-state index in [0.717, 1.165) is 67.4 Å². The van der Waals surface area contributed by atoms with Gasteiger partial charge >= 0.3 is 0 Å². The first-order valence-electron chi connectivity index (χ1n) is 13.3. The minimum absolute atomic E-state index is 0.119. The lowest BCUT2D eigenvalue weighted by molar-refractivity contribution is 0.0824. The number of carbonyl (C=O) groups is 2. The molecule has 196 valence electrons. The van der Waals surface area contributed by atoms with E-state index in [1.165, 1.54) is 16.2 Å². The molecule has 3 aliphatic rings. The highest BCUT2D eigenvalue weighted by Crippen LogP contribution is 2.58. The molecule has 1 aliphatic heterocycles. The number of fused-ring (bicyclic) bond motifs is 2. The quantitative estimate of drug-likeness (QED) is 0.480. The molecule has 2 amide bonds. The first-order valence-corrected chi connectivity index (χ1v) is 14.1. The predicted octanol–water partition coefficient (Wildman–Crippen LogP) is 3.32. The van der Waals surface area contributed by atoms with Gasteiger partial charge in [0.1, 0.15) is 5.69 Å². The van der Waals surface area contributed by atoms with Crippen LogP contribution in [0.5, 0.6) is 0 Å². The molecule has 3 heterocycles. The van der Waals surface area contributed by atoms with Crippen LogP contribution in [0.1, 0.15) is 62.1 Å². The van der Waals surface area contributed by atoms with Gasteiger partial charge in [0, 0.05) is 47.4 Å². The average molecular weight is 521 g/mol.